The highest BCUT2D eigenvalue weighted by Gasteiger charge is 2.16. The Labute approximate surface area is 152 Å². The number of anilines is 1. The highest BCUT2D eigenvalue weighted by molar-refractivity contribution is 7.99. The maximum atomic E-state index is 12.2. The number of para-hydroxylation sites is 1. The lowest BCUT2D eigenvalue weighted by Gasteiger charge is -2.08. The summed E-state index contributed by atoms with van der Waals surface area (Å²) in [5.74, 6) is -0.240. The van der Waals surface area contributed by atoms with Gasteiger partial charge < -0.3 is 5.32 Å². The minimum Gasteiger partial charge on any atom is -0.325 e. The van der Waals surface area contributed by atoms with Crippen molar-refractivity contribution in [2.24, 2.45) is 0 Å². The molecule has 26 heavy (non-hydrogen) atoms. The number of benzene rings is 2. The topological polar surface area (TPSA) is 116 Å². The lowest BCUT2D eigenvalue weighted by molar-refractivity contribution is -0.385. The van der Waals surface area contributed by atoms with Crippen LogP contribution in [-0.4, -0.2) is 36.8 Å². The molecule has 2 aromatic carbocycles. The van der Waals surface area contributed by atoms with Crippen molar-refractivity contribution in [1.82, 2.24) is 20.2 Å². The van der Waals surface area contributed by atoms with Gasteiger partial charge in [-0.3, -0.25) is 14.9 Å². The number of nitrogens with one attached hydrogen (secondary N) is 1. The molecule has 0 spiro atoms. The summed E-state index contributed by atoms with van der Waals surface area (Å²) < 4.78 is 1.54. The molecule has 0 saturated heterocycles. The van der Waals surface area contributed by atoms with Crippen LogP contribution in [-0.2, 0) is 4.79 Å². The fraction of sp³-hybridized carbons (Fsp3) is 0.125. The quantitative estimate of drug-likeness (QED) is 0.403. The van der Waals surface area contributed by atoms with E-state index in [2.05, 4.69) is 20.8 Å². The third-order valence-corrected chi connectivity index (χ3v) is 4.47. The summed E-state index contributed by atoms with van der Waals surface area (Å²) >= 11 is 1.17. The SMILES string of the molecule is Cc1c(NC(=O)CSc2nnnn2-c2ccccc2)cccc1[N+](=O)[O-]. The zero-order valence-electron chi connectivity index (χ0n) is 13.7. The van der Waals surface area contributed by atoms with Gasteiger partial charge in [0.1, 0.15) is 0 Å². The van der Waals surface area contributed by atoms with Crippen LogP contribution in [0.15, 0.2) is 53.7 Å². The van der Waals surface area contributed by atoms with Crippen molar-refractivity contribution in [3.05, 3.63) is 64.2 Å². The van der Waals surface area contributed by atoms with Crippen LogP contribution in [0.5, 0.6) is 0 Å². The van der Waals surface area contributed by atoms with Gasteiger partial charge >= 0.3 is 0 Å². The number of hydrogen-bond donors (Lipinski definition) is 1. The Morgan fingerprint density at radius 2 is 2.00 bits per heavy atom. The van der Waals surface area contributed by atoms with Gasteiger partial charge in [0.15, 0.2) is 0 Å². The van der Waals surface area contributed by atoms with Gasteiger partial charge in [0.2, 0.25) is 11.1 Å². The zero-order valence-corrected chi connectivity index (χ0v) is 14.5. The molecule has 3 aromatic rings. The number of rotatable bonds is 6. The van der Waals surface area contributed by atoms with Crippen LogP contribution >= 0.6 is 11.8 Å². The van der Waals surface area contributed by atoms with Crippen molar-refractivity contribution in [1.29, 1.82) is 0 Å². The first-order valence-electron chi connectivity index (χ1n) is 7.56. The van der Waals surface area contributed by atoms with Crippen LogP contribution in [0.1, 0.15) is 5.56 Å². The fourth-order valence-electron chi connectivity index (χ4n) is 2.27. The van der Waals surface area contributed by atoms with Crippen LogP contribution in [0, 0.1) is 17.0 Å². The molecular formula is C16H14N6O3S. The molecule has 0 saturated carbocycles. The zero-order chi connectivity index (χ0) is 18.5. The van der Waals surface area contributed by atoms with Gasteiger partial charge in [-0.15, -0.1) is 5.10 Å². The van der Waals surface area contributed by atoms with E-state index in [1.807, 2.05) is 30.3 Å². The number of carbonyl (C=O) groups is 1. The summed E-state index contributed by atoms with van der Waals surface area (Å²) in [6.07, 6.45) is 0. The molecule has 1 heterocycles. The third-order valence-electron chi connectivity index (χ3n) is 3.55. The molecule has 1 amide bonds. The summed E-state index contributed by atoms with van der Waals surface area (Å²) in [6, 6.07) is 13.9. The lowest BCUT2D eigenvalue weighted by atomic mass is 10.1. The second-order valence-electron chi connectivity index (χ2n) is 5.25. The smallest absolute Gasteiger partial charge is 0.274 e. The first-order valence-corrected chi connectivity index (χ1v) is 8.55. The predicted octanol–water partition coefficient (Wildman–Crippen LogP) is 2.61. The van der Waals surface area contributed by atoms with Gasteiger partial charge in [-0.25, -0.2) is 0 Å². The second kappa shape index (κ2) is 7.74. The van der Waals surface area contributed by atoms with Gasteiger partial charge in [0.25, 0.3) is 5.69 Å². The molecule has 0 aliphatic rings. The summed E-state index contributed by atoms with van der Waals surface area (Å²) in [5.41, 5.74) is 1.57. The van der Waals surface area contributed by atoms with E-state index in [9.17, 15) is 14.9 Å². The lowest BCUT2D eigenvalue weighted by Crippen LogP contribution is -2.15. The van der Waals surface area contributed by atoms with Crippen molar-refractivity contribution >= 4 is 29.0 Å². The highest BCUT2D eigenvalue weighted by Crippen LogP contribution is 2.25. The molecule has 0 bridgehead atoms. The van der Waals surface area contributed by atoms with Gasteiger partial charge in [-0.2, -0.15) is 4.68 Å². The molecule has 1 N–H and O–H groups in total. The molecule has 3 rings (SSSR count). The largest absolute Gasteiger partial charge is 0.325 e. The summed E-state index contributed by atoms with van der Waals surface area (Å²) in [6.45, 7) is 1.59. The maximum Gasteiger partial charge on any atom is 0.274 e. The first kappa shape index (κ1) is 17.5. The van der Waals surface area contributed by atoms with Crippen LogP contribution in [0.4, 0.5) is 11.4 Å². The average Bonchev–Trinajstić information content (AvgIpc) is 3.11. The fourth-order valence-corrected chi connectivity index (χ4v) is 2.96. The Morgan fingerprint density at radius 1 is 1.23 bits per heavy atom. The summed E-state index contributed by atoms with van der Waals surface area (Å²) in [4.78, 5) is 22.7. The van der Waals surface area contributed by atoms with Gasteiger partial charge in [0, 0.05) is 6.07 Å². The predicted molar refractivity (Wildman–Crippen MR) is 96.3 cm³/mol. The average molecular weight is 370 g/mol. The van der Waals surface area contributed by atoms with Crippen molar-refractivity contribution < 1.29 is 9.72 Å². The molecule has 0 fully saturated rings. The minimum atomic E-state index is -0.478. The number of aromatic nitrogens is 4. The molecule has 0 unspecified atom stereocenters. The van der Waals surface area contributed by atoms with E-state index in [1.165, 1.54) is 28.6 Å². The monoisotopic (exact) mass is 370 g/mol. The number of nitrogens with zero attached hydrogens (tertiary/aromatic N) is 5. The summed E-state index contributed by atoms with van der Waals surface area (Å²) in [5, 5.41) is 25.6. The van der Waals surface area contributed by atoms with Gasteiger partial charge in [0.05, 0.1) is 27.6 Å². The molecular weight excluding hydrogens is 356 g/mol. The van der Waals surface area contributed by atoms with Gasteiger partial charge in [-0.1, -0.05) is 36.0 Å². The summed E-state index contributed by atoms with van der Waals surface area (Å²) in [7, 11) is 0. The van der Waals surface area contributed by atoms with Crippen LogP contribution in [0.2, 0.25) is 0 Å². The third kappa shape index (κ3) is 3.86. The van der Waals surface area contributed by atoms with Crippen LogP contribution < -0.4 is 5.32 Å². The van der Waals surface area contributed by atoms with E-state index in [4.69, 9.17) is 0 Å². The van der Waals surface area contributed by atoms with E-state index in [0.29, 0.717) is 16.4 Å². The maximum absolute atomic E-state index is 12.2. The number of amides is 1. The number of thioether (sulfide) groups is 1. The Kier molecular flexibility index (Phi) is 5.23. The van der Waals surface area contributed by atoms with Crippen LogP contribution in [0.25, 0.3) is 5.69 Å². The Balaban J connectivity index is 1.67. The molecule has 132 valence electrons. The standard InChI is InChI=1S/C16H14N6O3S/c1-11-13(8-5-9-14(11)22(24)25)17-15(23)10-26-16-18-19-20-21(16)12-6-3-2-4-7-12/h2-9H,10H2,1H3,(H,17,23). The van der Waals surface area contributed by atoms with E-state index in [-0.39, 0.29) is 17.3 Å². The van der Waals surface area contributed by atoms with Crippen molar-refractivity contribution in [3.8, 4) is 5.69 Å². The highest BCUT2D eigenvalue weighted by atomic mass is 32.2. The molecule has 10 heteroatoms. The molecule has 1 aromatic heterocycles. The molecule has 0 atom stereocenters. The van der Waals surface area contributed by atoms with E-state index < -0.39 is 4.92 Å². The number of nitro groups is 1. The number of tetrazole rings is 1. The van der Waals surface area contributed by atoms with Crippen molar-refractivity contribution in [3.63, 3.8) is 0 Å². The molecule has 0 aliphatic carbocycles. The molecule has 0 radical (unpaired) electrons. The second-order valence-corrected chi connectivity index (χ2v) is 6.19. The minimum absolute atomic E-state index is 0.0385. The van der Waals surface area contributed by atoms with Gasteiger partial charge in [-0.05, 0) is 35.5 Å². The Hall–Kier alpha value is -3.27. The molecule has 9 nitrogen and oxygen atoms in total. The molecule has 0 aliphatic heterocycles. The van der Waals surface area contributed by atoms with Crippen LogP contribution in [0.3, 0.4) is 0 Å². The number of nitro benzene ring substituents is 1. The number of carbonyl (C=O) groups excluding carboxylic acids is 1. The number of hydrogen-bond acceptors (Lipinski definition) is 7. The Morgan fingerprint density at radius 3 is 2.73 bits per heavy atom. The van der Waals surface area contributed by atoms with Crippen molar-refractivity contribution in [2.45, 2.75) is 12.1 Å². The normalized spacial score (nSPS) is 10.5. The Bertz CT molecular complexity index is 944. The first-order chi connectivity index (χ1) is 12.6. The van der Waals surface area contributed by atoms with Crippen molar-refractivity contribution in [2.75, 3.05) is 11.1 Å². The van der Waals surface area contributed by atoms with E-state index in [1.54, 1.807) is 13.0 Å². The van der Waals surface area contributed by atoms with E-state index >= 15 is 0 Å². The van der Waals surface area contributed by atoms with E-state index in [0.717, 1.165) is 5.69 Å².